The molecule has 1 fully saturated rings. The Bertz CT molecular complexity index is 294. The minimum absolute atomic E-state index is 0. The lowest BCUT2D eigenvalue weighted by atomic mass is 9.83. The highest BCUT2D eigenvalue weighted by molar-refractivity contribution is 14.0. The van der Waals surface area contributed by atoms with Gasteiger partial charge in [0, 0.05) is 39.9 Å². The van der Waals surface area contributed by atoms with E-state index in [1.165, 1.54) is 32.1 Å². The molecule has 0 aromatic carbocycles. The molecule has 0 heterocycles. The number of halogens is 1. The molecule has 1 aliphatic carbocycles. The molecule has 0 aliphatic heterocycles. The Morgan fingerprint density at radius 1 is 1.23 bits per heavy atom. The molecular weight excluding hydrogens is 391 g/mol. The molecule has 0 aromatic rings. The Hall–Kier alpha value is -0.0800. The number of likely N-dealkylation sites (N-methyl/N-ethyl adjacent to an activating group) is 1. The average Bonchev–Trinajstić information content (AvgIpc) is 2.50. The van der Waals surface area contributed by atoms with Crippen LogP contribution in [0.15, 0.2) is 4.99 Å². The highest BCUT2D eigenvalue weighted by Crippen LogP contribution is 2.27. The third kappa shape index (κ3) is 8.53. The maximum Gasteiger partial charge on any atom is 0.191 e. The number of hydrogen-bond donors (Lipinski definition) is 2. The first kappa shape index (κ1) is 21.9. The van der Waals surface area contributed by atoms with Crippen LogP contribution in [0.1, 0.15) is 38.5 Å². The number of rotatable bonds is 8. The fourth-order valence-electron chi connectivity index (χ4n) is 3.13. The summed E-state index contributed by atoms with van der Waals surface area (Å²) in [5, 5.41) is 6.82. The molecule has 132 valence electrons. The van der Waals surface area contributed by atoms with Gasteiger partial charge in [0.1, 0.15) is 0 Å². The fourth-order valence-corrected chi connectivity index (χ4v) is 3.13. The molecule has 1 saturated carbocycles. The van der Waals surface area contributed by atoms with Gasteiger partial charge in [-0.3, -0.25) is 4.99 Å². The number of methoxy groups -OCH3 is 1. The summed E-state index contributed by atoms with van der Waals surface area (Å²) in [6, 6.07) is 0.586. The average molecular weight is 426 g/mol. The second kappa shape index (κ2) is 13.4. The van der Waals surface area contributed by atoms with Gasteiger partial charge in [0.25, 0.3) is 0 Å². The Morgan fingerprint density at radius 3 is 2.45 bits per heavy atom. The van der Waals surface area contributed by atoms with E-state index in [9.17, 15) is 0 Å². The molecule has 2 N–H and O–H groups in total. The predicted molar refractivity (Wildman–Crippen MR) is 105 cm³/mol. The van der Waals surface area contributed by atoms with Crippen LogP contribution >= 0.6 is 24.0 Å². The smallest absolute Gasteiger partial charge is 0.191 e. The van der Waals surface area contributed by atoms with E-state index in [4.69, 9.17) is 4.74 Å². The highest BCUT2D eigenvalue weighted by Gasteiger charge is 2.25. The van der Waals surface area contributed by atoms with Crippen LogP contribution in [0.3, 0.4) is 0 Å². The van der Waals surface area contributed by atoms with Crippen LogP contribution in [0.4, 0.5) is 0 Å². The fraction of sp³-hybridized carbons (Fsp3) is 0.938. The molecule has 0 aromatic heterocycles. The van der Waals surface area contributed by atoms with Crippen molar-refractivity contribution in [3.05, 3.63) is 0 Å². The third-order valence-corrected chi connectivity index (χ3v) is 4.38. The quantitative estimate of drug-likeness (QED) is 0.271. The van der Waals surface area contributed by atoms with E-state index >= 15 is 0 Å². The second-order valence-electron chi connectivity index (χ2n) is 6.16. The van der Waals surface area contributed by atoms with Crippen molar-refractivity contribution in [3.63, 3.8) is 0 Å². The third-order valence-electron chi connectivity index (χ3n) is 4.38. The molecule has 1 aliphatic rings. The topological polar surface area (TPSA) is 48.9 Å². The van der Waals surface area contributed by atoms with Crippen LogP contribution < -0.4 is 10.6 Å². The van der Waals surface area contributed by atoms with Gasteiger partial charge in [-0.15, -0.1) is 24.0 Å². The van der Waals surface area contributed by atoms with Crippen molar-refractivity contribution in [1.82, 2.24) is 15.5 Å². The first-order valence-electron chi connectivity index (χ1n) is 8.29. The summed E-state index contributed by atoms with van der Waals surface area (Å²) < 4.78 is 5.06. The van der Waals surface area contributed by atoms with Crippen molar-refractivity contribution < 1.29 is 4.74 Å². The van der Waals surface area contributed by atoms with E-state index in [0.29, 0.717) is 6.04 Å². The SMILES string of the molecule is CN=C(NCCCOC)NCC(C1CCCCC1)N(C)C.I. The molecule has 0 amide bonds. The van der Waals surface area contributed by atoms with Crippen LogP contribution in [0, 0.1) is 5.92 Å². The number of hydrogen-bond acceptors (Lipinski definition) is 3. The lowest BCUT2D eigenvalue weighted by molar-refractivity contribution is 0.171. The van der Waals surface area contributed by atoms with Crippen LogP contribution in [0.5, 0.6) is 0 Å². The molecule has 5 nitrogen and oxygen atoms in total. The van der Waals surface area contributed by atoms with Gasteiger partial charge in [-0.1, -0.05) is 19.3 Å². The normalized spacial score (nSPS) is 18.0. The molecule has 0 radical (unpaired) electrons. The van der Waals surface area contributed by atoms with Gasteiger partial charge in [-0.25, -0.2) is 0 Å². The van der Waals surface area contributed by atoms with E-state index in [1.807, 2.05) is 7.05 Å². The lowest BCUT2D eigenvalue weighted by Crippen LogP contribution is -2.48. The minimum atomic E-state index is 0. The van der Waals surface area contributed by atoms with E-state index in [2.05, 4.69) is 34.6 Å². The van der Waals surface area contributed by atoms with Crippen LogP contribution in [-0.4, -0.2) is 64.9 Å². The largest absolute Gasteiger partial charge is 0.385 e. The first-order chi connectivity index (χ1) is 10.2. The van der Waals surface area contributed by atoms with E-state index in [1.54, 1.807) is 7.11 Å². The zero-order valence-corrected chi connectivity index (χ0v) is 17.1. The van der Waals surface area contributed by atoms with Crippen molar-refractivity contribution in [2.24, 2.45) is 10.9 Å². The number of nitrogens with zero attached hydrogens (tertiary/aromatic N) is 2. The highest BCUT2D eigenvalue weighted by atomic mass is 127. The van der Waals surface area contributed by atoms with Crippen molar-refractivity contribution in [1.29, 1.82) is 0 Å². The molecule has 1 atom stereocenters. The number of nitrogens with one attached hydrogen (secondary N) is 2. The number of guanidine groups is 1. The van der Waals surface area contributed by atoms with Crippen molar-refractivity contribution >= 4 is 29.9 Å². The van der Waals surface area contributed by atoms with Gasteiger partial charge in [-0.05, 0) is 39.3 Å². The van der Waals surface area contributed by atoms with Gasteiger partial charge in [0.2, 0.25) is 0 Å². The van der Waals surface area contributed by atoms with E-state index in [-0.39, 0.29) is 24.0 Å². The van der Waals surface area contributed by atoms with E-state index in [0.717, 1.165) is 38.0 Å². The summed E-state index contributed by atoms with van der Waals surface area (Å²) >= 11 is 0. The summed E-state index contributed by atoms with van der Waals surface area (Å²) in [6.45, 7) is 2.64. The summed E-state index contributed by atoms with van der Waals surface area (Å²) in [6.07, 6.45) is 7.91. The molecule has 1 unspecified atom stereocenters. The summed E-state index contributed by atoms with van der Waals surface area (Å²) in [5.74, 6) is 1.71. The molecule has 6 heteroatoms. The Labute approximate surface area is 153 Å². The van der Waals surface area contributed by atoms with Crippen molar-refractivity contribution in [2.75, 3.05) is 47.9 Å². The number of aliphatic imine (C=N–C) groups is 1. The maximum atomic E-state index is 5.06. The monoisotopic (exact) mass is 426 g/mol. The molecule has 0 bridgehead atoms. The molecule has 0 saturated heterocycles. The molecule has 0 spiro atoms. The van der Waals surface area contributed by atoms with Crippen molar-refractivity contribution in [2.45, 2.75) is 44.6 Å². The van der Waals surface area contributed by atoms with Gasteiger partial charge in [-0.2, -0.15) is 0 Å². The standard InChI is InChI=1S/C16H34N4O.HI/c1-17-16(18-11-8-12-21-4)19-13-15(20(2)3)14-9-6-5-7-10-14;/h14-15H,5-13H2,1-4H3,(H2,17,18,19);1H. The summed E-state index contributed by atoms with van der Waals surface area (Å²) in [4.78, 5) is 6.66. The zero-order chi connectivity index (χ0) is 15.5. The molecular formula is C16H35IN4O. The van der Waals surface area contributed by atoms with Crippen LogP contribution in [-0.2, 0) is 4.74 Å². The summed E-state index contributed by atoms with van der Waals surface area (Å²) in [5.41, 5.74) is 0. The summed E-state index contributed by atoms with van der Waals surface area (Å²) in [7, 11) is 7.95. The Morgan fingerprint density at radius 2 is 1.91 bits per heavy atom. The minimum Gasteiger partial charge on any atom is -0.385 e. The molecule has 1 rings (SSSR count). The molecule has 22 heavy (non-hydrogen) atoms. The Kier molecular flexibility index (Phi) is 13.3. The van der Waals surface area contributed by atoms with Gasteiger partial charge in [0.15, 0.2) is 5.96 Å². The van der Waals surface area contributed by atoms with Crippen LogP contribution in [0.2, 0.25) is 0 Å². The van der Waals surface area contributed by atoms with E-state index < -0.39 is 0 Å². The predicted octanol–water partition coefficient (Wildman–Crippen LogP) is 2.32. The Balaban J connectivity index is 0.00000441. The first-order valence-corrected chi connectivity index (χ1v) is 8.29. The van der Waals surface area contributed by atoms with Crippen molar-refractivity contribution in [3.8, 4) is 0 Å². The zero-order valence-electron chi connectivity index (χ0n) is 14.7. The lowest BCUT2D eigenvalue weighted by Gasteiger charge is -2.35. The second-order valence-corrected chi connectivity index (χ2v) is 6.16. The van der Waals surface area contributed by atoms with Gasteiger partial charge >= 0.3 is 0 Å². The maximum absolute atomic E-state index is 5.06. The van der Waals surface area contributed by atoms with Gasteiger partial charge < -0.3 is 20.3 Å². The van der Waals surface area contributed by atoms with Crippen LogP contribution in [0.25, 0.3) is 0 Å². The number of ether oxygens (including phenoxy) is 1. The van der Waals surface area contributed by atoms with Gasteiger partial charge in [0.05, 0.1) is 0 Å².